The molecular formula is C22H29ClN4O. The Labute approximate surface area is 172 Å². The third kappa shape index (κ3) is 5.94. The fraction of sp³-hybridized carbons (Fsp3) is 0.455. The third-order valence-corrected chi connectivity index (χ3v) is 5.32. The number of aromatic nitrogens is 1. The molecule has 2 unspecified atom stereocenters. The molecule has 1 aromatic carbocycles. The summed E-state index contributed by atoms with van der Waals surface area (Å²) in [6.07, 6.45) is 5.07. The Hall–Kier alpha value is -2.11. The molecule has 1 saturated heterocycles. The minimum absolute atomic E-state index is 0.139. The van der Waals surface area contributed by atoms with Crippen LogP contribution in [0.25, 0.3) is 0 Å². The molecule has 0 aliphatic carbocycles. The average molecular weight is 401 g/mol. The van der Waals surface area contributed by atoms with E-state index in [0.717, 1.165) is 50.5 Å². The standard InChI is InChI=1S/C22H29ClN4O/c1-16-5-8-18(9-6-16)21-19(4-3-13-28-21)15-27-22(24-2)25-12-11-17-7-10-20(23)26-14-17/h5-10,14,19,21H,3-4,11-13,15H2,1-2H3,(H2,24,25,27). The second-order valence-corrected chi connectivity index (χ2v) is 7.61. The quantitative estimate of drug-likeness (QED) is 0.438. The van der Waals surface area contributed by atoms with Crippen LogP contribution in [0.2, 0.25) is 5.15 Å². The van der Waals surface area contributed by atoms with E-state index in [1.165, 1.54) is 11.1 Å². The first-order chi connectivity index (χ1) is 13.7. The van der Waals surface area contributed by atoms with E-state index in [1.807, 2.05) is 18.3 Å². The molecule has 0 saturated carbocycles. The predicted octanol–water partition coefficient (Wildman–Crippen LogP) is 3.92. The molecule has 6 heteroatoms. The van der Waals surface area contributed by atoms with Crippen molar-refractivity contribution < 1.29 is 4.74 Å². The van der Waals surface area contributed by atoms with E-state index in [2.05, 4.69) is 51.8 Å². The highest BCUT2D eigenvalue weighted by Crippen LogP contribution is 2.33. The van der Waals surface area contributed by atoms with Crippen molar-refractivity contribution in [3.05, 3.63) is 64.4 Å². The van der Waals surface area contributed by atoms with Crippen molar-refractivity contribution in [3.8, 4) is 0 Å². The van der Waals surface area contributed by atoms with Gasteiger partial charge in [0.1, 0.15) is 5.15 Å². The van der Waals surface area contributed by atoms with Gasteiger partial charge in [-0.15, -0.1) is 0 Å². The number of benzene rings is 1. The minimum Gasteiger partial charge on any atom is -0.373 e. The normalized spacial score (nSPS) is 20.0. The van der Waals surface area contributed by atoms with Gasteiger partial charge in [0, 0.05) is 38.9 Å². The van der Waals surface area contributed by atoms with Crippen molar-refractivity contribution in [2.75, 3.05) is 26.7 Å². The van der Waals surface area contributed by atoms with Crippen LogP contribution in [0.4, 0.5) is 0 Å². The van der Waals surface area contributed by atoms with Crippen LogP contribution >= 0.6 is 11.6 Å². The maximum absolute atomic E-state index is 6.11. The second-order valence-electron chi connectivity index (χ2n) is 7.22. The molecule has 2 aromatic rings. The Bertz CT molecular complexity index is 761. The zero-order chi connectivity index (χ0) is 19.8. The van der Waals surface area contributed by atoms with Crippen LogP contribution in [0.5, 0.6) is 0 Å². The summed E-state index contributed by atoms with van der Waals surface area (Å²) < 4.78 is 6.11. The lowest BCUT2D eigenvalue weighted by molar-refractivity contribution is -0.0265. The number of rotatable bonds is 6. The lowest BCUT2D eigenvalue weighted by Gasteiger charge is -2.32. The summed E-state index contributed by atoms with van der Waals surface area (Å²) in [7, 11) is 1.80. The Morgan fingerprint density at radius 3 is 2.75 bits per heavy atom. The van der Waals surface area contributed by atoms with Gasteiger partial charge in [0.2, 0.25) is 0 Å². The van der Waals surface area contributed by atoms with Crippen molar-refractivity contribution in [2.45, 2.75) is 32.3 Å². The lowest BCUT2D eigenvalue weighted by Crippen LogP contribution is -2.42. The van der Waals surface area contributed by atoms with Gasteiger partial charge in [0.15, 0.2) is 5.96 Å². The van der Waals surface area contributed by atoms with E-state index in [9.17, 15) is 0 Å². The number of guanidine groups is 1. The second kappa shape index (κ2) is 10.4. The van der Waals surface area contributed by atoms with Crippen LogP contribution < -0.4 is 10.6 Å². The minimum atomic E-state index is 0.139. The lowest BCUT2D eigenvalue weighted by atomic mass is 9.89. The van der Waals surface area contributed by atoms with Crippen molar-refractivity contribution in [2.24, 2.45) is 10.9 Å². The van der Waals surface area contributed by atoms with Crippen molar-refractivity contribution >= 4 is 17.6 Å². The molecule has 1 fully saturated rings. The summed E-state index contributed by atoms with van der Waals surface area (Å²) in [5.41, 5.74) is 3.68. The van der Waals surface area contributed by atoms with Crippen molar-refractivity contribution in [1.29, 1.82) is 0 Å². The number of nitrogens with zero attached hydrogens (tertiary/aromatic N) is 2. The molecule has 3 rings (SSSR count). The first-order valence-corrected chi connectivity index (χ1v) is 10.3. The number of aliphatic imine (C=N–C) groups is 1. The maximum atomic E-state index is 6.11. The van der Waals surface area contributed by atoms with Crippen LogP contribution in [0.3, 0.4) is 0 Å². The van der Waals surface area contributed by atoms with Gasteiger partial charge in [-0.2, -0.15) is 0 Å². The Morgan fingerprint density at radius 1 is 1.21 bits per heavy atom. The number of hydrogen-bond acceptors (Lipinski definition) is 3. The van der Waals surface area contributed by atoms with Gasteiger partial charge in [-0.25, -0.2) is 4.98 Å². The van der Waals surface area contributed by atoms with Gasteiger partial charge in [0.05, 0.1) is 6.10 Å². The van der Waals surface area contributed by atoms with E-state index in [-0.39, 0.29) is 6.10 Å². The molecule has 150 valence electrons. The van der Waals surface area contributed by atoms with Crippen molar-refractivity contribution in [1.82, 2.24) is 15.6 Å². The Balaban J connectivity index is 1.49. The van der Waals surface area contributed by atoms with Gasteiger partial charge in [0.25, 0.3) is 0 Å². The van der Waals surface area contributed by atoms with Gasteiger partial charge in [-0.1, -0.05) is 47.5 Å². The molecule has 2 N–H and O–H groups in total. The van der Waals surface area contributed by atoms with Gasteiger partial charge >= 0.3 is 0 Å². The molecule has 0 spiro atoms. The number of aryl methyl sites for hydroxylation is 1. The fourth-order valence-electron chi connectivity index (χ4n) is 3.50. The highest BCUT2D eigenvalue weighted by Gasteiger charge is 2.27. The summed E-state index contributed by atoms with van der Waals surface area (Å²) in [5.74, 6) is 1.24. The summed E-state index contributed by atoms with van der Waals surface area (Å²) in [4.78, 5) is 8.46. The van der Waals surface area contributed by atoms with Gasteiger partial charge in [-0.05, 0) is 43.4 Å². The average Bonchev–Trinajstić information content (AvgIpc) is 2.73. The predicted molar refractivity (Wildman–Crippen MR) is 115 cm³/mol. The molecule has 0 amide bonds. The summed E-state index contributed by atoms with van der Waals surface area (Å²) in [6, 6.07) is 12.5. The van der Waals surface area contributed by atoms with E-state index < -0.39 is 0 Å². The molecule has 0 bridgehead atoms. The summed E-state index contributed by atoms with van der Waals surface area (Å²) >= 11 is 5.83. The molecule has 2 atom stereocenters. The first kappa shape index (κ1) is 20.6. The molecule has 0 radical (unpaired) electrons. The van der Waals surface area contributed by atoms with Crippen LogP contribution in [-0.2, 0) is 11.2 Å². The van der Waals surface area contributed by atoms with E-state index in [0.29, 0.717) is 11.1 Å². The molecular weight excluding hydrogens is 372 g/mol. The Kier molecular flexibility index (Phi) is 7.69. The molecule has 28 heavy (non-hydrogen) atoms. The molecule has 1 aromatic heterocycles. The third-order valence-electron chi connectivity index (χ3n) is 5.10. The number of hydrogen-bond donors (Lipinski definition) is 2. The van der Waals surface area contributed by atoms with Gasteiger partial charge in [-0.3, -0.25) is 4.99 Å². The molecule has 1 aliphatic heterocycles. The van der Waals surface area contributed by atoms with Crippen LogP contribution in [0.1, 0.15) is 35.6 Å². The first-order valence-electron chi connectivity index (χ1n) is 9.89. The summed E-state index contributed by atoms with van der Waals surface area (Å²) in [5, 5.41) is 7.36. The monoisotopic (exact) mass is 400 g/mol. The number of halogens is 1. The van der Waals surface area contributed by atoms with Gasteiger partial charge < -0.3 is 15.4 Å². The number of ether oxygens (including phenoxy) is 1. The highest BCUT2D eigenvalue weighted by atomic mass is 35.5. The SMILES string of the molecule is CN=C(NCCc1ccc(Cl)nc1)NCC1CCCOC1c1ccc(C)cc1. The largest absolute Gasteiger partial charge is 0.373 e. The van der Waals surface area contributed by atoms with E-state index in [1.54, 1.807) is 7.05 Å². The molecule has 2 heterocycles. The highest BCUT2D eigenvalue weighted by molar-refractivity contribution is 6.29. The zero-order valence-corrected chi connectivity index (χ0v) is 17.4. The number of pyridine rings is 1. The fourth-order valence-corrected chi connectivity index (χ4v) is 3.62. The zero-order valence-electron chi connectivity index (χ0n) is 16.6. The summed E-state index contributed by atoms with van der Waals surface area (Å²) in [6.45, 7) is 4.56. The molecule has 1 aliphatic rings. The van der Waals surface area contributed by atoms with Crippen LogP contribution in [0.15, 0.2) is 47.6 Å². The van der Waals surface area contributed by atoms with Crippen LogP contribution in [0, 0.1) is 12.8 Å². The molecule has 5 nitrogen and oxygen atoms in total. The van der Waals surface area contributed by atoms with Crippen LogP contribution in [-0.4, -0.2) is 37.7 Å². The maximum Gasteiger partial charge on any atom is 0.190 e. The number of nitrogens with one attached hydrogen (secondary N) is 2. The smallest absolute Gasteiger partial charge is 0.190 e. The topological polar surface area (TPSA) is 58.5 Å². The Morgan fingerprint density at radius 2 is 2.04 bits per heavy atom. The van der Waals surface area contributed by atoms with E-state index >= 15 is 0 Å². The van der Waals surface area contributed by atoms with E-state index in [4.69, 9.17) is 16.3 Å². The van der Waals surface area contributed by atoms with Crippen molar-refractivity contribution in [3.63, 3.8) is 0 Å².